The van der Waals surface area contributed by atoms with E-state index >= 15 is 0 Å². The highest BCUT2D eigenvalue weighted by atomic mass is 16.1. The molecular weight excluding hydrogens is 236 g/mol. The van der Waals surface area contributed by atoms with Gasteiger partial charge in [-0.05, 0) is 42.2 Å². The fourth-order valence-corrected chi connectivity index (χ4v) is 3.96. The lowest BCUT2D eigenvalue weighted by Crippen LogP contribution is -2.27. The summed E-state index contributed by atoms with van der Waals surface area (Å²) in [6, 6.07) is 0. The second-order valence-corrected chi connectivity index (χ2v) is 5.71. The number of carbonyl (C=O) groups is 2. The molecule has 2 heteroatoms. The Bertz CT molecular complexity index is 487. The number of hydrogen-bond donors (Lipinski definition) is 0. The van der Waals surface area contributed by atoms with Gasteiger partial charge in [-0.15, -0.1) is 13.2 Å². The van der Waals surface area contributed by atoms with Crippen LogP contribution in [0.3, 0.4) is 0 Å². The zero-order chi connectivity index (χ0) is 13.6. The fourth-order valence-electron chi connectivity index (χ4n) is 3.96. The van der Waals surface area contributed by atoms with Gasteiger partial charge in [-0.3, -0.25) is 9.59 Å². The molecule has 3 aliphatic rings. The van der Waals surface area contributed by atoms with Crippen LogP contribution in [0.2, 0.25) is 0 Å². The molecule has 3 aliphatic carbocycles. The molecule has 3 rings (SSSR count). The van der Waals surface area contributed by atoms with E-state index in [2.05, 4.69) is 25.3 Å². The van der Waals surface area contributed by atoms with E-state index in [9.17, 15) is 9.59 Å². The first-order chi connectivity index (χ1) is 9.17. The van der Waals surface area contributed by atoms with Crippen LogP contribution in [0, 0.1) is 23.7 Å². The smallest absolute Gasteiger partial charge is 0.163 e. The van der Waals surface area contributed by atoms with Gasteiger partial charge in [0.1, 0.15) is 0 Å². The molecule has 19 heavy (non-hydrogen) atoms. The van der Waals surface area contributed by atoms with Crippen LogP contribution in [-0.2, 0) is 9.59 Å². The third-order valence-corrected chi connectivity index (χ3v) is 4.65. The molecule has 4 atom stereocenters. The Labute approximate surface area is 113 Å². The number of carbonyl (C=O) groups excluding carboxylic acids is 2. The van der Waals surface area contributed by atoms with Crippen molar-refractivity contribution >= 4 is 11.6 Å². The molecule has 0 N–H and O–H groups in total. The largest absolute Gasteiger partial charge is 0.294 e. The van der Waals surface area contributed by atoms with Gasteiger partial charge in [0.05, 0.1) is 0 Å². The van der Waals surface area contributed by atoms with E-state index in [1.54, 1.807) is 12.2 Å². The lowest BCUT2D eigenvalue weighted by molar-refractivity contribution is -0.127. The second kappa shape index (κ2) is 4.44. The first-order valence-electron chi connectivity index (χ1n) is 6.89. The molecule has 0 saturated heterocycles. The fraction of sp³-hybridized carbons (Fsp3) is 0.412. The molecule has 1 fully saturated rings. The Morgan fingerprint density at radius 1 is 0.947 bits per heavy atom. The van der Waals surface area contributed by atoms with E-state index in [4.69, 9.17) is 0 Å². The molecule has 0 heterocycles. The summed E-state index contributed by atoms with van der Waals surface area (Å²) in [6.45, 7) is 7.38. The quantitative estimate of drug-likeness (QED) is 0.723. The maximum absolute atomic E-state index is 12.4. The van der Waals surface area contributed by atoms with E-state index in [1.165, 1.54) is 0 Å². The van der Waals surface area contributed by atoms with Gasteiger partial charge in [-0.25, -0.2) is 0 Å². The predicted molar refractivity (Wildman–Crippen MR) is 74.4 cm³/mol. The average molecular weight is 254 g/mol. The Balaban J connectivity index is 1.86. The SMILES string of the molecule is C=CCC1=CC2CC3C=C(CC=C)C(=O)C3C2C1=O. The summed E-state index contributed by atoms with van der Waals surface area (Å²) in [4.78, 5) is 24.8. The number of ketones is 2. The van der Waals surface area contributed by atoms with E-state index < -0.39 is 0 Å². The topological polar surface area (TPSA) is 34.1 Å². The molecule has 1 saturated carbocycles. The van der Waals surface area contributed by atoms with Crippen LogP contribution in [0.5, 0.6) is 0 Å². The summed E-state index contributed by atoms with van der Waals surface area (Å²) in [5.74, 6) is 0.681. The highest BCUT2D eigenvalue weighted by molar-refractivity contribution is 6.08. The number of fused-ring (bicyclic) bond motifs is 3. The summed E-state index contributed by atoms with van der Waals surface area (Å²) in [7, 11) is 0. The average Bonchev–Trinajstić information content (AvgIpc) is 2.95. The number of rotatable bonds is 4. The molecule has 0 amide bonds. The zero-order valence-corrected chi connectivity index (χ0v) is 11.0. The van der Waals surface area contributed by atoms with Crippen molar-refractivity contribution in [2.24, 2.45) is 23.7 Å². The van der Waals surface area contributed by atoms with Gasteiger partial charge in [0.25, 0.3) is 0 Å². The minimum Gasteiger partial charge on any atom is -0.294 e. The number of hydrogen-bond acceptors (Lipinski definition) is 2. The van der Waals surface area contributed by atoms with Crippen molar-refractivity contribution in [1.29, 1.82) is 0 Å². The first kappa shape index (κ1) is 12.3. The van der Waals surface area contributed by atoms with Gasteiger partial charge >= 0.3 is 0 Å². The van der Waals surface area contributed by atoms with Crippen LogP contribution >= 0.6 is 0 Å². The highest BCUT2D eigenvalue weighted by Gasteiger charge is 2.54. The van der Waals surface area contributed by atoms with Crippen molar-refractivity contribution in [3.05, 3.63) is 48.6 Å². The van der Waals surface area contributed by atoms with E-state index in [0.717, 1.165) is 17.6 Å². The zero-order valence-electron chi connectivity index (χ0n) is 11.0. The third-order valence-electron chi connectivity index (χ3n) is 4.65. The lowest BCUT2D eigenvalue weighted by atomic mass is 9.84. The molecule has 98 valence electrons. The summed E-state index contributed by atoms with van der Waals surface area (Å²) < 4.78 is 0. The maximum Gasteiger partial charge on any atom is 0.163 e. The summed E-state index contributed by atoms with van der Waals surface area (Å²) in [5, 5.41) is 0. The predicted octanol–water partition coefficient (Wildman–Crippen LogP) is 3.03. The number of allylic oxidation sites excluding steroid dienone is 6. The summed E-state index contributed by atoms with van der Waals surface area (Å²) in [5.41, 5.74) is 1.71. The van der Waals surface area contributed by atoms with Crippen molar-refractivity contribution in [3.63, 3.8) is 0 Å². The second-order valence-electron chi connectivity index (χ2n) is 5.71. The van der Waals surface area contributed by atoms with Crippen molar-refractivity contribution in [1.82, 2.24) is 0 Å². The normalized spacial score (nSPS) is 35.8. The molecule has 0 aliphatic heterocycles. The van der Waals surface area contributed by atoms with E-state index in [0.29, 0.717) is 12.8 Å². The third kappa shape index (κ3) is 1.70. The monoisotopic (exact) mass is 254 g/mol. The molecule has 0 aromatic heterocycles. The van der Waals surface area contributed by atoms with Gasteiger partial charge in [-0.1, -0.05) is 24.3 Å². The molecule has 0 spiro atoms. The van der Waals surface area contributed by atoms with Crippen LogP contribution in [0.25, 0.3) is 0 Å². The Hall–Kier alpha value is -1.70. The van der Waals surface area contributed by atoms with Gasteiger partial charge in [0.15, 0.2) is 11.6 Å². The molecule has 0 bridgehead atoms. The molecule has 0 radical (unpaired) electrons. The molecule has 0 aromatic rings. The van der Waals surface area contributed by atoms with Crippen molar-refractivity contribution in [2.45, 2.75) is 19.3 Å². The Morgan fingerprint density at radius 3 is 1.74 bits per heavy atom. The first-order valence-corrected chi connectivity index (χ1v) is 6.89. The Morgan fingerprint density at radius 2 is 1.37 bits per heavy atom. The minimum absolute atomic E-state index is 0.106. The van der Waals surface area contributed by atoms with Gasteiger partial charge in [0, 0.05) is 11.8 Å². The van der Waals surface area contributed by atoms with Gasteiger partial charge < -0.3 is 0 Å². The van der Waals surface area contributed by atoms with Crippen molar-refractivity contribution in [2.75, 3.05) is 0 Å². The summed E-state index contributed by atoms with van der Waals surface area (Å²) in [6.07, 6.45) is 9.89. The van der Waals surface area contributed by atoms with Crippen molar-refractivity contribution < 1.29 is 9.59 Å². The van der Waals surface area contributed by atoms with Crippen LogP contribution in [0.4, 0.5) is 0 Å². The van der Waals surface area contributed by atoms with Crippen LogP contribution in [0.1, 0.15) is 19.3 Å². The summed E-state index contributed by atoms with van der Waals surface area (Å²) >= 11 is 0. The van der Waals surface area contributed by atoms with Gasteiger partial charge in [0.2, 0.25) is 0 Å². The standard InChI is InChI=1S/C17H18O2/c1-3-5-10-7-12-9-13-8-11(6-4-2)17(19)15(13)14(12)16(10)18/h3-4,7-8,12-15H,1-2,5-6,9H2. The highest BCUT2D eigenvalue weighted by Crippen LogP contribution is 2.53. The maximum atomic E-state index is 12.4. The van der Waals surface area contributed by atoms with Crippen LogP contribution in [-0.4, -0.2) is 11.6 Å². The van der Waals surface area contributed by atoms with Crippen molar-refractivity contribution in [3.8, 4) is 0 Å². The molecule has 4 unspecified atom stereocenters. The Kier molecular flexibility index (Phi) is 2.89. The lowest BCUT2D eigenvalue weighted by Gasteiger charge is -2.16. The minimum atomic E-state index is -0.106. The van der Waals surface area contributed by atoms with Crippen LogP contribution in [0.15, 0.2) is 48.6 Å². The van der Waals surface area contributed by atoms with E-state index in [-0.39, 0.29) is 35.2 Å². The molecular formula is C17H18O2. The van der Waals surface area contributed by atoms with Crippen LogP contribution < -0.4 is 0 Å². The van der Waals surface area contributed by atoms with Gasteiger partial charge in [-0.2, -0.15) is 0 Å². The molecule has 2 nitrogen and oxygen atoms in total. The number of Topliss-reactive ketones (excluding diaryl/α,β-unsaturated/α-hetero) is 2. The molecule has 0 aromatic carbocycles. The van der Waals surface area contributed by atoms with E-state index in [1.807, 2.05) is 0 Å².